The van der Waals surface area contributed by atoms with E-state index in [1.54, 1.807) is 32.1 Å². The molecule has 1 unspecified atom stereocenters. The maximum atomic E-state index is 13.3. The summed E-state index contributed by atoms with van der Waals surface area (Å²) in [5.74, 6) is -0.901. The predicted octanol–water partition coefficient (Wildman–Crippen LogP) is 4.27. The van der Waals surface area contributed by atoms with Gasteiger partial charge in [-0.1, -0.05) is 42.5 Å². The smallest absolute Gasteiger partial charge is 0.294 e. The largest absolute Gasteiger partial charge is 0.295 e. The first-order chi connectivity index (χ1) is 21.2. The molecule has 3 N–H and O–H groups in total. The Bertz CT molecular complexity index is 2190. The number of aromatic nitrogens is 2. The summed E-state index contributed by atoms with van der Waals surface area (Å²) < 4.78 is 65.2. The predicted molar refractivity (Wildman–Crippen MR) is 168 cm³/mol. The average molecular weight is 647 g/mol. The van der Waals surface area contributed by atoms with Gasteiger partial charge in [0, 0.05) is 11.6 Å². The third-order valence-corrected chi connectivity index (χ3v) is 8.70. The zero-order valence-corrected chi connectivity index (χ0v) is 25.5. The van der Waals surface area contributed by atoms with Crippen molar-refractivity contribution >= 4 is 43.6 Å². The highest BCUT2D eigenvalue weighted by molar-refractivity contribution is 7.86. The van der Waals surface area contributed by atoms with Gasteiger partial charge in [-0.05, 0) is 74.0 Å². The van der Waals surface area contributed by atoms with Crippen LogP contribution in [0.1, 0.15) is 29.7 Å². The number of hydrogen-bond acceptors (Lipinski definition) is 7. The number of carbonyl (C=O) groups excluding carboxylic acids is 1. The summed E-state index contributed by atoms with van der Waals surface area (Å²) in [6, 6.07) is 19.6. The van der Waals surface area contributed by atoms with Gasteiger partial charge in [-0.15, -0.1) is 5.73 Å². The van der Waals surface area contributed by atoms with E-state index in [4.69, 9.17) is 0 Å². The molecular weight excluding hydrogens is 620 g/mol. The highest BCUT2D eigenvalue weighted by Gasteiger charge is 2.29. The molecule has 230 valence electrons. The lowest BCUT2D eigenvalue weighted by Crippen LogP contribution is -2.21. The molecule has 12 nitrogen and oxygen atoms in total. The van der Waals surface area contributed by atoms with Crippen LogP contribution in [0.4, 0.5) is 5.69 Å². The molecule has 0 radical (unpaired) electrons. The van der Waals surface area contributed by atoms with Crippen LogP contribution in [0.3, 0.4) is 0 Å². The number of carbonyl (C=O) groups is 1. The van der Waals surface area contributed by atoms with E-state index in [2.05, 4.69) is 15.9 Å². The number of H-pyrrole nitrogens is 1. The minimum absolute atomic E-state index is 0.191. The second kappa shape index (κ2) is 12.1. The van der Waals surface area contributed by atoms with Gasteiger partial charge in [-0.25, -0.2) is 4.68 Å². The molecule has 1 aliphatic rings. The Morgan fingerprint density at radius 2 is 1.38 bits per heavy atom. The Hall–Kier alpha value is -5.11. The van der Waals surface area contributed by atoms with Crippen molar-refractivity contribution in [3.8, 4) is 5.69 Å². The fraction of sp³-hybridized carbons (Fsp3) is 0.0968. The normalized spacial score (nSPS) is 14.5. The van der Waals surface area contributed by atoms with Gasteiger partial charge in [-0.2, -0.15) is 26.9 Å². The lowest BCUT2D eigenvalue weighted by atomic mass is 9.97. The van der Waals surface area contributed by atoms with Crippen LogP contribution < -0.4 is 10.6 Å². The molecule has 3 aromatic carbocycles. The van der Waals surface area contributed by atoms with Gasteiger partial charge >= 0.3 is 0 Å². The first-order valence-corrected chi connectivity index (χ1v) is 16.2. The molecule has 0 spiro atoms. The van der Waals surface area contributed by atoms with Gasteiger partial charge in [0.15, 0.2) is 0 Å². The van der Waals surface area contributed by atoms with E-state index >= 15 is 0 Å². The van der Waals surface area contributed by atoms with Gasteiger partial charge in [0.05, 0.1) is 32.4 Å². The van der Waals surface area contributed by atoms with E-state index in [0.717, 1.165) is 10.6 Å². The highest BCUT2D eigenvalue weighted by Crippen LogP contribution is 2.26. The summed E-state index contributed by atoms with van der Waals surface area (Å²) in [7, 11) is -8.77. The fourth-order valence-corrected chi connectivity index (χ4v) is 5.58. The molecule has 5 rings (SSSR count). The van der Waals surface area contributed by atoms with Gasteiger partial charge in [0.25, 0.3) is 31.7 Å². The second-order valence-corrected chi connectivity index (χ2v) is 12.9. The van der Waals surface area contributed by atoms with Crippen molar-refractivity contribution in [1.82, 2.24) is 9.78 Å². The molecule has 45 heavy (non-hydrogen) atoms. The maximum Gasteiger partial charge on any atom is 0.294 e. The van der Waals surface area contributed by atoms with Crippen LogP contribution in [-0.2, 0) is 25.0 Å². The first kappa shape index (κ1) is 31.3. The van der Waals surface area contributed by atoms with Gasteiger partial charge in [0.2, 0.25) is 0 Å². The molecular formula is C31H26N4O8S2. The Labute approximate surface area is 258 Å². The summed E-state index contributed by atoms with van der Waals surface area (Å²) in [6.07, 6.45) is 5.11. The SMILES string of the molecule is CC1=NN(c2ccc(S(=O)(=O)O)cc2)C(=O)C1=C=CC(/C=C/c1c(C)[nH]n(-c2ccc(S(=O)(=O)O)cc2)c1=O)c1ccccc1. The summed E-state index contributed by atoms with van der Waals surface area (Å²) in [4.78, 5) is 25.9. The van der Waals surface area contributed by atoms with Crippen LogP contribution in [0.5, 0.6) is 0 Å². The topological polar surface area (TPSA) is 179 Å². The van der Waals surface area contributed by atoms with E-state index in [1.807, 2.05) is 30.3 Å². The summed E-state index contributed by atoms with van der Waals surface area (Å²) >= 11 is 0. The van der Waals surface area contributed by atoms with Gasteiger partial charge in [-0.3, -0.25) is 23.8 Å². The number of hydrazone groups is 1. The Morgan fingerprint density at radius 1 is 0.822 bits per heavy atom. The third-order valence-electron chi connectivity index (χ3n) is 6.97. The Morgan fingerprint density at radius 3 is 1.93 bits per heavy atom. The molecule has 0 fully saturated rings. The minimum Gasteiger partial charge on any atom is -0.295 e. The van der Waals surface area contributed by atoms with Crippen molar-refractivity contribution in [2.75, 3.05) is 5.01 Å². The number of hydrogen-bond donors (Lipinski definition) is 3. The average Bonchev–Trinajstić information content (AvgIpc) is 3.45. The number of nitrogens with one attached hydrogen (secondary N) is 1. The fourth-order valence-electron chi connectivity index (χ4n) is 4.62. The zero-order valence-electron chi connectivity index (χ0n) is 23.8. The molecule has 0 bridgehead atoms. The number of amides is 1. The van der Waals surface area contributed by atoms with E-state index in [0.29, 0.717) is 28.3 Å². The van der Waals surface area contributed by atoms with Crippen LogP contribution >= 0.6 is 0 Å². The summed E-state index contributed by atoms with van der Waals surface area (Å²) in [6.45, 7) is 3.36. The number of benzene rings is 3. The quantitative estimate of drug-likeness (QED) is 0.144. The van der Waals surface area contributed by atoms with Gasteiger partial charge < -0.3 is 0 Å². The molecule has 1 aliphatic heterocycles. The lowest BCUT2D eigenvalue weighted by molar-refractivity contribution is -0.114. The first-order valence-electron chi connectivity index (χ1n) is 13.3. The molecule has 1 amide bonds. The molecule has 2 heterocycles. The maximum absolute atomic E-state index is 13.3. The number of allylic oxidation sites excluding steroid dienone is 1. The van der Waals surface area contributed by atoms with Crippen molar-refractivity contribution in [3.05, 3.63) is 129 Å². The molecule has 14 heteroatoms. The second-order valence-electron chi connectivity index (χ2n) is 10.0. The molecule has 1 aromatic heterocycles. The Kier molecular flexibility index (Phi) is 8.43. The molecule has 0 saturated heterocycles. The summed E-state index contributed by atoms with van der Waals surface area (Å²) in [5, 5.41) is 8.37. The van der Waals surface area contributed by atoms with Crippen molar-refractivity contribution in [2.24, 2.45) is 5.10 Å². The summed E-state index contributed by atoms with van der Waals surface area (Å²) in [5.41, 5.74) is 5.66. The standard InChI is InChI=1S/C31H26N4O8S2/c1-20-28(30(36)34(32-20)24-10-14-26(15-11-24)44(38,39)40)18-8-23(22-6-4-3-5-7-22)9-19-29-21(2)33-35(31(29)37)25-12-16-27(17-13-25)45(41,42)43/h3-18,23,32H,1-2H3,(H,38,39,40)(H,41,42,43)/b18-8+. The molecule has 0 saturated carbocycles. The molecule has 4 aromatic rings. The molecule has 1 atom stereocenters. The van der Waals surface area contributed by atoms with Gasteiger partial charge in [0.1, 0.15) is 5.57 Å². The number of anilines is 1. The zero-order chi connectivity index (χ0) is 32.5. The highest BCUT2D eigenvalue weighted by atomic mass is 32.2. The van der Waals surface area contributed by atoms with Crippen LogP contribution in [0.25, 0.3) is 11.8 Å². The monoisotopic (exact) mass is 646 g/mol. The van der Waals surface area contributed by atoms with E-state index in [1.165, 1.54) is 53.2 Å². The van der Waals surface area contributed by atoms with E-state index in [9.17, 15) is 35.5 Å². The van der Waals surface area contributed by atoms with Crippen LogP contribution in [0.2, 0.25) is 0 Å². The minimum atomic E-state index is -4.39. The van der Waals surface area contributed by atoms with Crippen molar-refractivity contribution in [3.63, 3.8) is 0 Å². The van der Waals surface area contributed by atoms with Crippen LogP contribution in [0.15, 0.2) is 122 Å². The van der Waals surface area contributed by atoms with Crippen molar-refractivity contribution in [2.45, 2.75) is 29.6 Å². The third kappa shape index (κ3) is 6.70. The van der Waals surface area contributed by atoms with Crippen molar-refractivity contribution in [1.29, 1.82) is 0 Å². The van der Waals surface area contributed by atoms with Crippen LogP contribution in [0, 0.1) is 6.92 Å². The Balaban J connectivity index is 1.46. The number of aromatic amines is 1. The number of aryl methyl sites for hydroxylation is 1. The lowest BCUT2D eigenvalue weighted by Gasteiger charge is -2.11. The van der Waals surface area contributed by atoms with E-state index in [-0.39, 0.29) is 20.9 Å². The van der Waals surface area contributed by atoms with E-state index < -0.39 is 32.1 Å². The number of nitrogens with zero attached hydrogens (tertiary/aromatic N) is 3. The van der Waals surface area contributed by atoms with Crippen LogP contribution in [-0.4, -0.2) is 47.3 Å². The van der Waals surface area contributed by atoms with Crippen molar-refractivity contribution < 1.29 is 30.7 Å². The molecule has 0 aliphatic carbocycles. The number of rotatable bonds is 8.